The fraction of sp³-hybridized carbons (Fsp3) is 1.00. The van der Waals surface area contributed by atoms with Crippen molar-refractivity contribution < 1.29 is 0 Å². The topological polar surface area (TPSA) is 18.5 Å². The van der Waals surface area contributed by atoms with Gasteiger partial charge in [0, 0.05) is 31.7 Å². The Morgan fingerprint density at radius 3 is 2.56 bits per heavy atom. The van der Waals surface area contributed by atoms with Gasteiger partial charge in [-0.05, 0) is 52.7 Å². The van der Waals surface area contributed by atoms with Crippen molar-refractivity contribution >= 4 is 0 Å². The first kappa shape index (κ1) is 12.3. The van der Waals surface area contributed by atoms with E-state index in [1.807, 2.05) is 0 Å². The first-order chi connectivity index (χ1) is 7.75. The normalized spacial score (nSPS) is 28.3. The Morgan fingerprint density at radius 1 is 1.19 bits per heavy atom. The molecule has 0 amide bonds. The first-order valence-electron chi connectivity index (χ1n) is 6.95. The van der Waals surface area contributed by atoms with Crippen molar-refractivity contribution in [1.29, 1.82) is 0 Å². The van der Waals surface area contributed by atoms with E-state index in [2.05, 4.69) is 29.0 Å². The van der Waals surface area contributed by atoms with E-state index in [0.717, 1.165) is 6.04 Å². The molecule has 0 spiro atoms. The molecule has 1 unspecified atom stereocenters. The summed E-state index contributed by atoms with van der Waals surface area (Å²) in [5, 5.41) is 3.71. The van der Waals surface area contributed by atoms with Gasteiger partial charge in [0.15, 0.2) is 0 Å². The van der Waals surface area contributed by atoms with Crippen molar-refractivity contribution in [3.05, 3.63) is 0 Å². The molecule has 3 heteroatoms. The van der Waals surface area contributed by atoms with Crippen LogP contribution >= 0.6 is 0 Å². The van der Waals surface area contributed by atoms with E-state index in [9.17, 15) is 0 Å². The molecular weight excluding hydrogens is 198 g/mol. The lowest BCUT2D eigenvalue weighted by molar-refractivity contribution is 0.265. The van der Waals surface area contributed by atoms with Gasteiger partial charge < -0.3 is 10.2 Å². The molecule has 0 aromatic carbocycles. The molecule has 0 bridgehead atoms. The predicted molar refractivity (Wildman–Crippen MR) is 68.8 cm³/mol. The van der Waals surface area contributed by atoms with Gasteiger partial charge in [0.05, 0.1) is 0 Å². The molecule has 0 aromatic heterocycles. The summed E-state index contributed by atoms with van der Waals surface area (Å²) in [4.78, 5) is 5.16. The zero-order valence-corrected chi connectivity index (χ0v) is 10.9. The Labute approximate surface area is 100 Å². The molecule has 1 N–H and O–H groups in total. The van der Waals surface area contributed by atoms with Gasteiger partial charge in [0.2, 0.25) is 0 Å². The summed E-state index contributed by atoms with van der Waals surface area (Å²) in [5.74, 6) is 0. The highest BCUT2D eigenvalue weighted by Gasteiger charge is 2.23. The maximum Gasteiger partial charge on any atom is 0.0207 e. The summed E-state index contributed by atoms with van der Waals surface area (Å²) in [7, 11) is 0. The second kappa shape index (κ2) is 5.99. The van der Waals surface area contributed by atoms with Crippen molar-refractivity contribution in [3.8, 4) is 0 Å². The highest BCUT2D eigenvalue weighted by atomic mass is 15.2. The molecule has 0 aliphatic carbocycles. The SMILES string of the molecule is CC(C)N1CCC(NCCN2CCCC2)C1. The van der Waals surface area contributed by atoms with Crippen LogP contribution in [0.2, 0.25) is 0 Å². The molecule has 2 saturated heterocycles. The molecule has 2 heterocycles. The van der Waals surface area contributed by atoms with Crippen LogP contribution in [0.1, 0.15) is 33.1 Å². The van der Waals surface area contributed by atoms with E-state index in [-0.39, 0.29) is 0 Å². The van der Waals surface area contributed by atoms with Crippen LogP contribution < -0.4 is 5.32 Å². The smallest absolute Gasteiger partial charge is 0.0207 e. The molecule has 2 aliphatic heterocycles. The molecule has 0 radical (unpaired) electrons. The first-order valence-corrected chi connectivity index (χ1v) is 6.95. The van der Waals surface area contributed by atoms with Crippen LogP contribution in [0.25, 0.3) is 0 Å². The second-order valence-corrected chi connectivity index (χ2v) is 5.58. The molecule has 1 atom stereocenters. The monoisotopic (exact) mass is 225 g/mol. The Kier molecular flexibility index (Phi) is 4.62. The van der Waals surface area contributed by atoms with E-state index in [1.165, 1.54) is 58.5 Å². The lowest BCUT2D eigenvalue weighted by Crippen LogP contribution is -2.39. The maximum atomic E-state index is 3.71. The zero-order valence-electron chi connectivity index (χ0n) is 10.9. The van der Waals surface area contributed by atoms with Crippen LogP contribution in [0, 0.1) is 0 Å². The third-order valence-electron chi connectivity index (χ3n) is 4.01. The summed E-state index contributed by atoms with van der Waals surface area (Å²) < 4.78 is 0. The van der Waals surface area contributed by atoms with Gasteiger partial charge >= 0.3 is 0 Å². The van der Waals surface area contributed by atoms with E-state index in [4.69, 9.17) is 0 Å². The van der Waals surface area contributed by atoms with E-state index >= 15 is 0 Å². The number of rotatable bonds is 5. The minimum Gasteiger partial charge on any atom is -0.311 e. The minimum atomic E-state index is 0.713. The average molecular weight is 225 g/mol. The van der Waals surface area contributed by atoms with Crippen molar-refractivity contribution in [1.82, 2.24) is 15.1 Å². The molecule has 0 saturated carbocycles. The lowest BCUT2D eigenvalue weighted by Gasteiger charge is -2.21. The fourth-order valence-electron chi connectivity index (χ4n) is 2.86. The van der Waals surface area contributed by atoms with E-state index in [0.29, 0.717) is 6.04 Å². The van der Waals surface area contributed by atoms with E-state index in [1.54, 1.807) is 0 Å². The standard InChI is InChI=1S/C13H27N3/c1-12(2)16-9-5-13(11-16)14-6-10-15-7-3-4-8-15/h12-14H,3-11H2,1-2H3. The fourth-order valence-corrected chi connectivity index (χ4v) is 2.86. The molecule has 16 heavy (non-hydrogen) atoms. The Hall–Kier alpha value is -0.120. The van der Waals surface area contributed by atoms with Crippen LogP contribution in [0.4, 0.5) is 0 Å². The quantitative estimate of drug-likeness (QED) is 0.757. The third kappa shape index (κ3) is 3.44. The molecule has 3 nitrogen and oxygen atoms in total. The maximum absolute atomic E-state index is 3.71. The van der Waals surface area contributed by atoms with Gasteiger partial charge in [0.25, 0.3) is 0 Å². The van der Waals surface area contributed by atoms with Crippen molar-refractivity contribution in [2.24, 2.45) is 0 Å². The number of nitrogens with one attached hydrogen (secondary N) is 1. The molecule has 0 aromatic rings. The summed E-state index contributed by atoms with van der Waals surface area (Å²) >= 11 is 0. The summed E-state index contributed by atoms with van der Waals surface area (Å²) in [6.45, 7) is 12.2. The van der Waals surface area contributed by atoms with Gasteiger partial charge in [-0.25, -0.2) is 0 Å². The number of hydrogen-bond donors (Lipinski definition) is 1. The largest absolute Gasteiger partial charge is 0.311 e. The van der Waals surface area contributed by atoms with Gasteiger partial charge in [-0.1, -0.05) is 0 Å². The molecule has 2 rings (SSSR count). The van der Waals surface area contributed by atoms with Gasteiger partial charge in [-0.15, -0.1) is 0 Å². The molecule has 2 aliphatic rings. The predicted octanol–water partition coefficient (Wildman–Crippen LogP) is 1.15. The summed E-state index contributed by atoms with van der Waals surface area (Å²) in [5.41, 5.74) is 0. The number of hydrogen-bond acceptors (Lipinski definition) is 3. The Bertz CT molecular complexity index is 199. The number of nitrogens with zero attached hydrogens (tertiary/aromatic N) is 2. The van der Waals surface area contributed by atoms with Gasteiger partial charge in [-0.3, -0.25) is 4.90 Å². The van der Waals surface area contributed by atoms with Crippen LogP contribution in [0.3, 0.4) is 0 Å². The zero-order chi connectivity index (χ0) is 11.4. The highest BCUT2D eigenvalue weighted by molar-refractivity contribution is 4.83. The Morgan fingerprint density at radius 2 is 1.94 bits per heavy atom. The third-order valence-corrected chi connectivity index (χ3v) is 4.01. The van der Waals surface area contributed by atoms with Crippen molar-refractivity contribution in [2.75, 3.05) is 39.3 Å². The summed E-state index contributed by atoms with van der Waals surface area (Å²) in [6.07, 6.45) is 4.15. The summed E-state index contributed by atoms with van der Waals surface area (Å²) in [6, 6.07) is 1.45. The van der Waals surface area contributed by atoms with Gasteiger partial charge in [-0.2, -0.15) is 0 Å². The van der Waals surface area contributed by atoms with E-state index < -0.39 is 0 Å². The van der Waals surface area contributed by atoms with Crippen molar-refractivity contribution in [2.45, 2.75) is 45.2 Å². The highest BCUT2D eigenvalue weighted by Crippen LogP contribution is 2.12. The van der Waals surface area contributed by atoms with Crippen LogP contribution in [0.5, 0.6) is 0 Å². The Balaban J connectivity index is 1.57. The molecule has 2 fully saturated rings. The molecule has 94 valence electrons. The van der Waals surface area contributed by atoms with Crippen LogP contribution in [-0.4, -0.2) is 61.2 Å². The van der Waals surface area contributed by atoms with Gasteiger partial charge in [0.1, 0.15) is 0 Å². The second-order valence-electron chi connectivity index (χ2n) is 5.58. The minimum absolute atomic E-state index is 0.713. The van der Waals surface area contributed by atoms with Crippen LogP contribution in [-0.2, 0) is 0 Å². The average Bonchev–Trinajstić information content (AvgIpc) is 2.87. The molecular formula is C13H27N3. The van der Waals surface area contributed by atoms with Crippen LogP contribution in [0.15, 0.2) is 0 Å². The van der Waals surface area contributed by atoms with Crippen molar-refractivity contribution in [3.63, 3.8) is 0 Å². The number of likely N-dealkylation sites (tertiary alicyclic amines) is 2. The lowest BCUT2D eigenvalue weighted by atomic mass is 10.2.